The van der Waals surface area contributed by atoms with Crippen LogP contribution in [0.15, 0.2) is 30.3 Å². The van der Waals surface area contributed by atoms with Gasteiger partial charge in [-0.2, -0.15) is 0 Å². The molecule has 5 N–H and O–H groups in total. The maximum absolute atomic E-state index is 13.8. The Morgan fingerprint density at radius 2 is 1.96 bits per heavy atom. The van der Waals surface area contributed by atoms with E-state index in [2.05, 4.69) is 50.6 Å². The van der Waals surface area contributed by atoms with Crippen LogP contribution >= 0.6 is 0 Å². The number of carbonyl (C=O) groups excluding carboxylic acids is 2. The second-order valence-corrected chi connectivity index (χ2v) is 13.5. The lowest BCUT2D eigenvalue weighted by Gasteiger charge is -2.64. The third kappa shape index (κ3) is 7.96. The minimum Gasteiger partial charge on any atom is -0.496 e. The molecule has 2 bridgehead atoms. The van der Waals surface area contributed by atoms with Crippen LogP contribution in [0.25, 0.3) is 6.08 Å². The van der Waals surface area contributed by atoms with Crippen LogP contribution in [0.4, 0.5) is 0 Å². The molecular weight excluding hydrogens is 579 g/mol. The van der Waals surface area contributed by atoms with E-state index < -0.39 is 41.6 Å². The molecule has 1 aliphatic heterocycles. The fraction of sp³-hybridized carbons (Fsp3) is 0.645. The van der Waals surface area contributed by atoms with Crippen molar-refractivity contribution in [2.24, 2.45) is 23.2 Å². The van der Waals surface area contributed by atoms with Crippen molar-refractivity contribution in [2.45, 2.75) is 90.4 Å². The molecule has 4 aliphatic rings. The first kappa shape index (κ1) is 34.2. The number of hydrogen-bond donors (Lipinski definition) is 5. The first-order chi connectivity index (χ1) is 21.2. The van der Waals surface area contributed by atoms with Crippen molar-refractivity contribution in [3.05, 3.63) is 46.0 Å². The monoisotopic (exact) mass is 626 g/mol. The van der Waals surface area contributed by atoms with Gasteiger partial charge in [0.1, 0.15) is 11.8 Å². The van der Waals surface area contributed by atoms with E-state index in [0.717, 1.165) is 12.8 Å². The maximum Gasteiger partial charge on any atom is 0.481 e. The lowest BCUT2D eigenvalue weighted by molar-refractivity contribution is -0.525. The number of hydrazine groups is 1. The molecule has 5 rings (SSSR count). The molecule has 1 aromatic rings. The van der Waals surface area contributed by atoms with Gasteiger partial charge in [0.15, 0.2) is 5.03 Å². The summed E-state index contributed by atoms with van der Waals surface area (Å²) in [7, 11) is 0.936. The highest BCUT2D eigenvalue weighted by Crippen LogP contribution is 2.65. The fourth-order valence-electron chi connectivity index (χ4n) is 7.21. The van der Waals surface area contributed by atoms with Crippen LogP contribution in [0.3, 0.4) is 0 Å². The first-order valence-corrected chi connectivity index (χ1v) is 15.7. The summed E-state index contributed by atoms with van der Waals surface area (Å²) in [4.78, 5) is 37.4. The summed E-state index contributed by atoms with van der Waals surface area (Å²) in [6.45, 7) is 11.1. The molecule has 0 radical (unpaired) electrons. The molecule has 0 unspecified atom stereocenters. The Hall–Kier alpha value is -3.65. The molecule has 0 aromatic heterocycles. The minimum absolute atomic E-state index is 0.0318. The number of para-hydroxylation sites is 1. The molecule has 0 spiro atoms. The molecule has 4 fully saturated rings. The van der Waals surface area contributed by atoms with Gasteiger partial charge in [-0.05, 0) is 74.3 Å². The summed E-state index contributed by atoms with van der Waals surface area (Å²) < 4.78 is 18.5. The van der Waals surface area contributed by atoms with Crippen LogP contribution in [0.2, 0.25) is 0 Å². The van der Waals surface area contributed by atoms with Gasteiger partial charge in [-0.3, -0.25) is 15.0 Å². The Morgan fingerprint density at radius 3 is 2.62 bits per heavy atom. The van der Waals surface area contributed by atoms with Crippen molar-refractivity contribution in [1.82, 2.24) is 21.4 Å². The summed E-state index contributed by atoms with van der Waals surface area (Å²) in [6, 6.07) is 6.34. The number of guanidine groups is 1. The van der Waals surface area contributed by atoms with Crippen molar-refractivity contribution < 1.29 is 28.7 Å². The van der Waals surface area contributed by atoms with E-state index in [9.17, 15) is 19.7 Å². The highest BCUT2D eigenvalue weighted by atomic mass is 16.7. The molecule has 3 aliphatic carbocycles. The Bertz CT molecular complexity index is 1290. The van der Waals surface area contributed by atoms with Crippen LogP contribution < -0.4 is 26.1 Å². The number of nitro groups is 1. The molecule has 246 valence electrons. The second kappa shape index (κ2) is 14.2. The summed E-state index contributed by atoms with van der Waals surface area (Å²) in [5, 5.41) is 25.9. The molecule has 1 aromatic carbocycles. The lowest BCUT2D eigenvalue weighted by atomic mass is 9.43. The number of nitrogens with one attached hydrogen (secondary N) is 5. The van der Waals surface area contributed by atoms with Gasteiger partial charge in [0.25, 0.3) is 5.96 Å². The van der Waals surface area contributed by atoms with Crippen molar-refractivity contribution in [3.63, 3.8) is 0 Å². The van der Waals surface area contributed by atoms with Crippen LogP contribution in [-0.2, 0) is 18.9 Å². The highest BCUT2D eigenvalue weighted by Gasteiger charge is 2.68. The molecule has 2 amide bonds. The smallest absolute Gasteiger partial charge is 0.481 e. The Morgan fingerprint density at radius 1 is 1.22 bits per heavy atom. The van der Waals surface area contributed by atoms with Crippen LogP contribution in [-0.4, -0.2) is 67.3 Å². The van der Waals surface area contributed by atoms with Gasteiger partial charge in [-0.15, -0.1) is 0 Å². The molecular formula is C31H47BN6O7. The normalized spacial score (nSPS) is 25.9. The predicted octanol–water partition coefficient (Wildman–Crippen LogP) is 3.08. The number of amides is 2. The molecule has 3 saturated carbocycles. The van der Waals surface area contributed by atoms with E-state index in [1.165, 1.54) is 6.08 Å². The average Bonchev–Trinajstić information content (AvgIpc) is 3.34. The predicted molar refractivity (Wildman–Crippen MR) is 171 cm³/mol. The average molecular weight is 627 g/mol. The fourth-order valence-corrected chi connectivity index (χ4v) is 7.21. The Balaban J connectivity index is 1.45. The maximum atomic E-state index is 13.8. The minimum atomic E-state index is -0.917. The molecule has 45 heavy (non-hydrogen) atoms. The summed E-state index contributed by atoms with van der Waals surface area (Å²) in [5.41, 5.74) is 2.21. The van der Waals surface area contributed by atoms with Crippen LogP contribution in [0.1, 0.15) is 72.3 Å². The van der Waals surface area contributed by atoms with E-state index in [0.29, 0.717) is 36.0 Å². The second-order valence-electron chi connectivity index (χ2n) is 13.5. The van der Waals surface area contributed by atoms with Gasteiger partial charge in [0.05, 0.1) is 24.8 Å². The number of nitrogens with zero attached hydrogens (tertiary/aromatic N) is 1. The highest BCUT2D eigenvalue weighted by molar-refractivity contribution is 6.48. The van der Waals surface area contributed by atoms with E-state index >= 15 is 0 Å². The number of hydrogen-bond acceptors (Lipinski definition) is 8. The molecule has 1 heterocycles. The Labute approximate surface area is 265 Å². The number of methoxy groups -OCH3 is 1. The van der Waals surface area contributed by atoms with Crippen molar-refractivity contribution >= 4 is 31.0 Å². The lowest BCUT2D eigenvalue weighted by Crippen LogP contribution is -2.65. The van der Waals surface area contributed by atoms with Crippen molar-refractivity contribution in [2.75, 3.05) is 13.7 Å². The zero-order valence-electron chi connectivity index (χ0n) is 27.1. The molecule has 13 nitrogen and oxygen atoms in total. The molecule has 14 heteroatoms. The number of carbonyl (C=O) groups is 2. The zero-order chi connectivity index (χ0) is 32.9. The van der Waals surface area contributed by atoms with E-state index in [-0.39, 0.29) is 36.3 Å². The molecule has 6 atom stereocenters. The third-order valence-electron chi connectivity index (χ3n) is 9.71. The third-order valence-corrected chi connectivity index (χ3v) is 9.71. The van der Waals surface area contributed by atoms with Crippen molar-refractivity contribution in [3.8, 4) is 5.75 Å². The first-order valence-electron chi connectivity index (χ1n) is 15.7. The number of rotatable bonds is 14. The van der Waals surface area contributed by atoms with Gasteiger partial charge in [-0.25, -0.2) is 10.1 Å². The Kier molecular flexibility index (Phi) is 10.8. The zero-order valence-corrected chi connectivity index (χ0v) is 27.1. The van der Waals surface area contributed by atoms with Gasteiger partial charge in [-0.1, -0.05) is 51.3 Å². The topological polar surface area (TPSA) is 177 Å². The quantitative estimate of drug-likeness (QED) is 0.0395. The van der Waals surface area contributed by atoms with Crippen LogP contribution in [0, 0.1) is 38.7 Å². The van der Waals surface area contributed by atoms with Gasteiger partial charge in [0.2, 0.25) is 11.8 Å². The standard InChI is InChI=1S/C31H47BN6O7/c1-19(2)16-26(32-44-25-18-21-17-24(30(21,3)4)31(25,5)45-32)36-28(40)22(11-9-15-34-29(33)37-38(41)42)35-27(39)14-13-20-10-7-8-12-23(20)43-6/h7-8,10,12-14,19,21-22,24-26H,9,11,15-18H2,1-6H3,(H,35,39)(H,36,40)(H3,33,34,37)/b14-13+/t21-,22-,24-,25+,26-,31-/m0/s1. The largest absolute Gasteiger partial charge is 0.496 e. The van der Waals surface area contributed by atoms with Gasteiger partial charge >= 0.3 is 7.12 Å². The van der Waals surface area contributed by atoms with E-state index in [4.69, 9.17) is 19.5 Å². The summed E-state index contributed by atoms with van der Waals surface area (Å²) in [5.74, 6) is 0.0847. The van der Waals surface area contributed by atoms with Crippen molar-refractivity contribution in [1.29, 1.82) is 5.41 Å². The summed E-state index contributed by atoms with van der Waals surface area (Å²) >= 11 is 0. The van der Waals surface area contributed by atoms with E-state index in [1.807, 2.05) is 18.2 Å². The van der Waals surface area contributed by atoms with E-state index in [1.54, 1.807) is 24.7 Å². The number of ether oxygens (including phenoxy) is 1. The SMILES string of the molecule is COc1ccccc1/C=C/C(=O)N[C@@H](CCCNC(=N)N[N+](=O)[O-])C(=O)N[C@@H](CC(C)C)B1O[C@@H]2C[C@@H]3C[C@@H](C3(C)C)[C@]2(C)O1. The van der Waals surface area contributed by atoms with Gasteiger partial charge in [0, 0.05) is 18.2 Å². The number of benzene rings is 1. The van der Waals surface area contributed by atoms with Crippen LogP contribution in [0.5, 0.6) is 5.75 Å². The summed E-state index contributed by atoms with van der Waals surface area (Å²) in [6.07, 6.45) is 6.18. The molecule has 1 saturated heterocycles. The van der Waals surface area contributed by atoms with Gasteiger partial charge < -0.3 is 30.0 Å².